The fraction of sp³-hybridized carbons (Fsp3) is 0.0476. The number of benzene rings is 3. The van der Waals surface area contributed by atoms with Crippen LogP contribution in [0.15, 0.2) is 83.8 Å². The van der Waals surface area contributed by atoms with Gasteiger partial charge in [-0.05, 0) is 23.3 Å². The predicted molar refractivity (Wildman–Crippen MR) is 117 cm³/mol. The summed E-state index contributed by atoms with van der Waals surface area (Å²) in [5, 5.41) is 0.403. The highest BCUT2D eigenvalue weighted by Gasteiger charge is 2.34. The molecule has 3 aromatic carbocycles. The lowest BCUT2D eigenvalue weighted by Gasteiger charge is -2.08. The van der Waals surface area contributed by atoms with Gasteiger partial charge in [0.05, 0.1) is 10.4 Å². The topological polar surface area (TPSA) is 93.4 Å². The molecule has 4 aromatic rings. The molecule has 9 heteroatoms. The van der Waals surface area contributed by atoms with E-state index in [1.807, 2.05) is 30.3 Å². The fourth-order valence-electron chi connectivity index (χ4n) is 3.45. The van der Waals surface area contributed by atoms with Crippen molar-refractivity contribution in [3.8, 4) is 11.1 Å². The third-order valence-electron chi connectivity index (χ3n) is 4.78. The van der Waals surface area contributed by atoms with Gasteiger partial charge in [0.2, 0.25) is 0 Å². The zero-order chi connectivity index (χ0) is 21.5. The van der Waals surface area contributed by atoms with Crippen LogP contribution in [0.5, 0.6) is 0 Å². The number of nitrogens with zero attached hydrogens (tertiary/aromatic N) is 1. The first-order valence-corrected chi connectivity index (χ1v) is 12.7. The molecule has 6 nitrogen and oxygen atoms in total. The third-order valence-corrected chi connectivity index (χ3v) is 8.81. The summed E-state index contributed by atoms with van der Waals surface area (Å²) in [6.45, 7) is 0.346. The zero-order valence-electron chi connectivity index (χ0n) is 15.4. The van der Waals surface area contributed by atoms with E-state index < -0.39 is 22.9 Å². The standard InChI is InChI=1S/C21H16ClNO5S2/c22-21-19(16-10-5-2-6-11-16)20-17(23(21)14-15-8-3-1-4-9-15)12-7-13-18(20)29(24,25)30(26,27)28/h1-13H,14H2,(H,26,27,28). The highest BCUT2D eigenvalue weighted by atomic mass is 35.5. The van der Waals surface area contributed by atoms with Gasteiger partial charge in [-0.3, -0.25) is 4.55 Å². The maximum absolute atomic E-state index is 12.6. The Morgan fingerprint density at radius 2 is 1.40 bits per heavy atom. The number of halogens is 1. The Kier molecular flexibility index (Phi) is 5.19. The van der Waals surface area contributed by atoms with Crippen LogP contribution in [0.4, 0.5) is 0 Å². The first-order chi connectivity index (χ1) is 14.2. The minimum Gasteiger partial charge on any atom is -0.327 e. The predicted octanol–water partition coefficient (Wildman–Crippen LogP) is 4.59. The number of hydrogen-bond acceptors (Lipinski definition) is 4. The van der Waals surface area contributed by atoms with Gasteiger partial charge in [0.25, 0.3) is 0 Å². The van der Waals surface area contributed by atoms with Crippen molar-refractivity contribution in [3.05, 3.63) is 89.6 Å². The molecule has 0 fully saturated rings. The monoisotopic (exact) mass is 461 g/mol. The summed E-state index contributed by atoms with van der Waals surface area (Å²) in [6.07, 6.45) is 0. The van der Waals surface area contributed by atoms with Gasteiger partial charge in [0.15, 0.2) is 0 Å². The largest absolute Gasteiger partial charge is 0.377 e. The molecule has 0 spiro atoms. The van der Waals surface area contributed by atoms with E-state index in [1.54, 1.807) is 41.0 Å². The van der Waals surface area contributed by atoms with Gasteiger partial charge >= 0.3 is 18.0 Å². The second-order valence-electron chi connectivity index (χ2n) is 6.64. The maximum Gasteiger partial charge on any atom is 0.377 e. The third kappa shape index (κ3) is 3.41. The van der Waals surface area contributed by atoms with Crippen molar-refractivity contribution in [1.82, 2.24) is 4.57 Å². The summed E-state index contributed by atoms with van der Waals surface area (Å²) >= 11 is 6.73. The van der Waals surface area contributed by atoms with E-state index >= 15 is 0 Å². The maximum atomic E-state index is 12.6. The Balaban J connectivity index is 2.11. The second-order valence-corrected chi connectivity index (χ2v) is 11.8. The Morgan fingerprint density at radius 3 is 2.00 bits per heavy atom. The van der Waals surface area contributed by atoms with Crippen LogP contribution in [0, 0.1) is 0 Å². The van der Waals surface area contributed by atoms with Crippen molar-refractivity contribution in [2.75, 3.05) is 0 Å². The Hall–Kier alpha value is -2.65. The molecule has 154 valence electrons. The molecule has 0 aliphatic carbocycles. The molecular formula is C21H16ClNO5S2. The van der Waals surface area contributed by atoms with Crippen LogP contribution in [0.1, 0.15) is 5.56 Å². The van der Waals surface area contributed by atoms with E-state index in [0.29, 0.717) is 23.2 Å². The first kappa shape index (κ1) is 20.6. The normalized spacial score (nSPS) is 12.3. The summed E-state index contributed by atoms with van der Waals surface area (Å²) in [5.74, 6) is 0. The van der Waals surface area contributed by atoms with Gasteiger partial charge in [-0.15, -0.1) is 0 Å². The molecule has 0 aliphatic heterocycles. The van der Waals surface area contributed by atoms with Gasteiger partial charge in [0.1, 0.15) is 5.15 Å². The number of aromatic nitrogens is 1. The number of fused-ring (bicyclic) bond motifs is 1. The van der Waals surface area contributed by atoms with Crippen molar-refractivity contribution in [1.29, 1.82) is 0 Å². The zero-order valence-corrected chi connectivity index (χ0v) is 17.8. The van der Waals surface area contributed by atoms with E-state index in [2.05, 4.69) is 0 Å². The van der Waals surface area contributed by atoms with Crippen LogP contribution in [0.2, 0.25) is 5.15 Å². The Labute approximate surface area is 178 Å². The van der Waals surface area contributed by atoms with Crippen LogP contribution in [0.25, 0.3) is 22.0 Å². The van der Waals surface area contributed by atoms with Crippen LogP contribution < -0.4 is 0 Å². The SMILES string of the molecule is O=S(=O)(O)S(=O)(=O)c1cccc2c1c(-c1ccccc1)c(Cl)n2Cc1ccccc1. The summed E-state index contributed by atoms with van der Waals surface area (Å²) in [4.78, 5) is -0.518. The van der Waals surface area contributed by atoms with Crippen LogP contribution in [-0.2, 0) is 24.6 Å². The molecule has 0 radical (unpaired) electrons. The number of hydrogen-bond donors (Lipinski definition) is 1. The van der Waals surface area contributed by atoms with E-state index in [9.17, 15) is 21.4 Å². The molecule has 4 rings (SSSR count). The van der Waals surface area contributed by atoms with E-state index in [-0.39, 0.29) is 10.5 Å². The van der Waals surface area contributed by atoms with Gasteiger partial charge in [-0.2, -0.15) is 8.42 Å². The van der Waals surface area contributed by atoms with Crippen molar-refractivity contribution < 1.29 is 21.4 Å². The van der Waals surface area contributed by atoms with Crippen molar-refractivity contribution in [2.24, 2.45) is 0 Å². The lowest BCUT2D eigenvalue weighted by atomic mass is 10.1. The summed E-state index contributed by atoms with van der Waals surface area (Å²) in [5.41, 5.74) is 2.37. The second kappa shape index (κ2) is 7.55. The summed E-state index contributed by atoms with van der Waals surface area (Å²) < 4.78 is 59.7. The first-order valence-electron chi connectivity index (χ1n) is 8.84. The van der Waals surface area contributed by atoms with Crippen LogP contribution in [-0.4, -0.2) is 26.0 Å². The molecule has 0 atom stereocenters. The average Bonchev–Trinajstić information content (AvgIpc) is 3.00. The number of rotatable bonds is 5. The Morgan fingerprint density at radius 1 is 0.800 bits per heavy atom. The lowest BCUT2D eigenvalue weighted by molar-refractivity contribution is 0.493. The molecule has 0 saturated carbocycles. The van der Waals surface area contributed by atoms with E-state index in [1.165, 1.54) is 6.07 Å². The quantitative estimate of drug-likeness (QED) is 0.346. The molecule has 1 N–H and O–H groups in total. The molecular weight excluding hydrogens is 446 g/mol. The molecule has 0 saturated heterocycles. The molecule has 0 unspecified atom stereocenters. The molecule has 0 amide bonds. The molecule has 1 aromatic heterocycles. The van der Waals surface area contributed by atoms with E-state index in [4.69, 9.17) is 11.6 Å². The highest BCUT2D eigenvalue weighted by Crippen LogP contribution is 2.42. The fourth-order valence-corrected chi connectivity index (χ4v) is 5.83. The molecule has 0 aliphatic rings. The van der Waals surface area contributed by atoms with E-state index in [0.717, 1.165) is 11.6 Å². The van der Waals surface area contributed by atoms with Gasteiger partial charge in [0, 0.05) is 17.5 Å². The van der Waals surface area contributed by atoms with Gasteiger partial charge in [-0.1, -0.05) is 78.3 Å². The minimum atomic E-state index is -5.39. The van der Waals surface area contributed by atoms with Crippen molar-refractivity contribution in [2.45, 2.75) is 11.4 Å². The van der Waals surface area contributed by atoms with Crippen molar-refractivity contribution >= 4 is 40.5 Å². The minimum absolute atomic E-state index is 0.141. The molecule has 1 heterocycles. The summed E-state index contributed by atoms with van der Waals surface area (Å²) in [6, 6.07) is 22.5. The van der Waals surface area contributed by atoms with Crippen molar-refractivity contribution in [3.63, 3.8) is 0 Å². The van der Waals surface area contributed by atoms with Crippen LogP contribution >= 0.6 is 11.6 Å². The smallest absolute Gasteiger partial charge is 0.327 e. The highest BCUT2D eigenvalue weighted by molar-refractivity contribution is 8.65. The molecule has 30 heavy (non-hydrogen) atoms. The lowest BCUT2D eigenvalue weighted by Crippen LogP contribution is -2.14. The molecule has 0 bridgehead atoms. The van der Waals surface area contributed by atoms with Crippen LogP contribution in [0.3, 0.4) is 0 Å². The Bertz CT molecular complexity index is 1450. The van der Waals surface area contributed by atoms with Gasteiger partial charge < -0.3 is 4.57 Å². The average molecular weight is 462 g/mol. The summed E-state index contributed by atoms with van der Waals surface area (Å²) in [7, 11) is -10.4. The van der Waals surface area contributed by atoms with Gasteiger partial charge in [-0.25, -0.2) is 8.42 Å².